The number of hydrogen-bond acceptors (Lipinski definition) is 5. The van der Waals surface area contributed by atoms with Crippen molar-refractivity contribution in [2.75, 3.05) is 6.54 Å². The summed E-state index contributed by atoms with van der Waals surface area (Å²) in [7, 11) is 0. The Bertz CT molecular complexity index is 840. The summed E-state index contributed by atoms with van der Waals surface area (Å²) < 4.78 is 5.32. The fraction of sp³-hybridized carbons (Fsp3) is 0.263. The number of rotatable bonds is 7. The summed E-state index contributed by atoms with van der Waals surface area (Å²) >= 11 is 5.81. The van der Waals surface area contributed by atoms with Crippen molar-refractivity contribution < 1.29 is 19.1 Å². The summed E-state index contributed by atoms with van der Waals surface area (Å²) in [5.41, 5.74) is 0.647. The highest BCUT2D eigenvalue weighted by atomic mass is 35.5. The van der Waals surface area contributed by atoms with Gasteiger partial charge in [-0.15, -0.1) is 0 Å². The van der Waals surface area contributed by atoms with Gasteiger partial charge < -0.3 is 15.4 Å². The molecule has 0 unspecified atom stereocenters. The Morgan fingerprint density at radius 2 is 1.93 bits per heavy atom. The quantitative estimate of drug-likeness (QED) is 0.708. The number of ether oxygens (including phenoxy) is 1. The molecule has 0 saturated heterocycles. The molecule has 7 nitrogen and oxygen atoms in total. The Balaban J connectivity index is 1.60. The summed E-state index contributed by atoms with van der Waals surface area (Å²) in [5.74, 6) is -1.67. The van der Waals surface area contributed by atoms with Gasteiger partial charge >= 0.3 is 5.97 Å². The molecule has 2 N–H and O–H groups in total. The van der Waals surface area contributed by atoms with E-state index in [0.717, 1.165) is 12.8 Å². The monoisotopic (exact) mass is 387 g/mol. The number of nitrogens with one attached hydrogen (secondary N) is 2. The number of benzene rings is 1. The molecule has 27 heavy (non-hydrogen) atoms. The molecule has 1 atom stereocenters. The van der Waals surface area contributed by atoms with Crippen LogP contribution < -0.4 is 10.6 Å². The molecule has 2 aromatic rings. The molecule has 1 aliphatic rings. The highest BCUT2D eigenvalue weighted by Crippen LogP contribution is 2.23. The Hall–Kier alpha value is -2.93. The molecule has 2 amide bonds. The van der Waals surface area contributed by atoms with Crippen LogP contribution in [0.25, 0.3) is 0 Å². The summed E-state index contributed by atoms with van der Waals surface area (Å²) in [6.07, 6.45) is 2.16. The van der Waals surface area contributed by atoms with Gasteiger partial charge in [0.05, 0.1) is 0 Å². The number of carbonyl (C=O) groups is 3. The number of nitrogens with zero attached hydrogens (tertiary/aromatic N) is 1. The smallest absolute Gasteiger partial charge is 0.326 e. The third-order valence-electron chi connectivity index (χ3n) is 3.86. The zero-order valence-corrected chi connectivity index (χ0v) is 15.1. The minimum atomic E-state index is -1.07. The van der Waals surface area contributed by atoms with Crippen LogP contribution in [-0.4, -0.2) is 35.4 Å². The Morgan fingerprint density at radius 3 is 2.59 bits per heavy atom. The van der Waals surface area contributed by atoms with Gasteiger partial charge in [-0.2, -0.15) is 0 Å². The number of esters is 1. The molecule has 8 heteroatoms. The highest BCUT2D eigenvalue weighted by molar-refractivity contribution is 6.30. The molecule has 140 valence electrons. The van der Waals surface area contributed by atoms with Crippen LogP contribution >= 0.6 is 11.6 Å². The molecule has 1 heterocycles. The molecule has 1 aromatic carbocycles. The second kappa shape index (κ2) is 8.64. The van der Waals surface area contributed by atoms with Gasteiger partial charge in [0.25, 0.3) is 11.8 Å². The van der Waals surface area contributed by atoms with Crippen LogP contribution in [0.2, 0.25) is 5.02 Å². The first-order valence-corrected chi connectivity index (χ1v) is 8.85. The molecule has 0 spiro atoms. The SMILES string of the molecule is O=C(CNC(=O)c1cc(Cl)ccn1)O[C@H](C(=O)NC1CC1)c1ccccc1. The fourth-order valence-electron chi connectivity index (χ4n) is 2.35. The molecule has 0 aliphatic heterocycles. The van der Waals surface area contributed by atoms with Crippen LogP contribution in [0.15, 0.2) is 48.7 Å². The van der Waals surface area contributed by atoms with Gasteiger partial charge in [0.2, 0.25) is 6.10 Å². The van der Waals surface area contributed by atoms with E-state index in [1.54, 1.807) is 30.3 Å². The number of pyridine rings is 1. The Kier molecular flexibility index (Phi) is 6.03. The van der Waals surface area contributed by atoms with Crippen molar-refractivity contribution in [3.8, 4) is 0 Å². The maximum absolute atomic E-state index is 12.4. The minimum Gasteiger partial charge on any atom is -0.446 e. The van der Waals surface area contributed by atoms with E-state index in [4.69, 9.17) is 16.3 Å². The summed E-state index contributed by atoms with van der Waals surface area (Å²) in [6.45, 7) is -0.396. The van der Waals surface area contributed by atoms with E-state index >= 15 is 0 Å². The van der Waals surface area contributed by atoms with Crippen LogP contribution in [0.3, 0.4) is 0 Å². The van der Waals surface area contributed by atoms with E-state index in [2.05, 4.69) is 15.6 Å². The van der Waals surface area contributed by atoms with E-state index in [-0.39, 0.29) is 17.6 Å². The van der Waals surface area contributed by atoms with E-state index in [9.17, 15) is 14.4 Å². The Morgan fingerprint density at radius 1 is 1.19 bits per heavy atom. The second-order valence-electron chi connectivity index (χ2n) is 6.11. The lowest BCUT2D eigenvalue weighted by Crippen LogP contribution is -2.36. The van der Waals surface area contributed by atoms with Gasteiger partial charge in [0.15, 0.2) is 0 Å². The van der Waals surface area contributed by atoms with Crippen molar-refractivity contribution >= 4 is 29.4 Å². The number of hydrogen-bond donors (Lipinski definition) is 2. The lowest BCUT2D eigenvalue weighted by atomic mass is 10.1. The molecule has 1 saturated carbocycles. The standard InChI is InChI=1S/C19H18ClN3O4/c20-13-8-9-21-15(10-13)18(25)22-11-16(24)27-17(12-4-2-1-3-5-12)19(26)23-14-6-7-14/h1-5,8-10,14,17H,6-7,11H2,(H,22,25)(H,23,26)/t17-/m0/s1. The van der Waals surface area contributed by atoms with Crippen molar-refractivity contribution in [1.29, 1.82) is 0 Å². The third-order valence-corrected chi connectivity index (χ3v) is 4.10. The lowest BCUT2D eigenvalue weighted by molar-refractivity contribution is -0.155. The van der Waals surface area contributed by atoms with Gasteiger partial charge in [-0.25, -0.2) is 0 Å². The van der Waals surface area contributed by atoms with E-state index in [1.807, 2.05) is 0 Å². The molecule has 1 aromatic heterocycles. The van der Waals surface area contributed by atoms with Gasteiger partial charge in [-0.3, -0.25) is 19.4 Å². The van der Waals surface area contributed by atoms with Crippen molar-refractivity contribution in [2.45, 2.75) is 25.0 Å². The van der Waals surface area contributed by atoms with Crippen molar-refractivity contribution in [3.63, 3.8) is 0 Å². The molecule has 1 fully saturated rings. The van der Waals surface area contributed by atoms with Crippen molar-refractivity contribution in [1.82, 2.24) is 15.6 Å². The normalized spacial score (nSPS) is 14.1. The van der Waals surface area contributed by atoms with Gasteiger partial charge in [0.1, 0.15) is 12.2 Å². The number of amides is 2. The van der Waals surface area contributed by atoms with Crippen LogP contribution in [0.5, 0.6) is 0 Å². The first-order chi connectivity index (χ1) is 13.0. The summed E-state index contributed by atoms with van der Waals surface area (Å²) in [4.78, 5) is 40.5. The van der Waals surface area contributed by atoms with Crippen molar-refractivity contribution in [3.05, 3.63) is 64.9 Å². The number of carbonyl (C=O) groups excluding carboxylic acids is 3. The van der Waals surface area contributed by atoms with E-state index in [0.29, 0.717) is 10.6 Å². The third kappa shape index (κ3) is 5.52. The lowest BCUT2D eigenvalue weighted by Gasteiger charge is -2.18. The predicted octanol–water partition coefficient (Wildman–Crippen LogP) is 2.03. The molecule has 1 aliphatic carbocycles. The fourth-order valence-corrected chi connectivity index (χ4v) is 2.51. The van der Waals surface area contributed by atoms with Gasteiger partial charge in [-0.1, -0.05) is 41.9 Å². The molecular formula is C19H18ClN3O4. The first kappa shape index (κ1) is 18.8. The van der Waals surface area contributed by atoms with Crippen LogP contribution in [0.1, 0.15) is 35.0 Å². The minimum absolute atomic E-state index is 0.0846. The molecule has 0 radical (unpaired) electrons. The average molecular weight is 388 g/mol. The molecular weight excluding hydrogens is 370 g/mol. The zero-order valence-electron chi connectivity index (χ0n) is 14.4. The largest absolute Gasteiger partial charge is 0.446 e. The van der Waals surface area contributed by atoms with Crippen LogP contribution in [-0.2, 0) is 14.3 Å². The van der Waals surface area contributed by atoms with Gasteiger partial charge in [0, 0.05) is 22.8 Å². The first-order valence-electron chi connectivity index (χ1n) is 8.47. The number of halogens is 1. The molecule has 3 rings (SSSR count). The van der Waals surface area contributed by atoms with Gasteiger partial charge in [-0.05, 0) is 25.0 Å². The number of aromatic nitrogens is 1. The van der Waals surface area contributed by atoms with E-state index in [1.165, 1.54) is 18.3 Å². The zero-order chi connectivity index (χ0) is 19.2. The topological polar surface area (TPSA) is 97.4 Å². The maximum atomic E-state index is 12.4. The van der Waals surface area contributed by atoms with Crippen LogP contribution in [0, 0.1) is 0 Å². The second-order valence-corrected chi connectivity index (χ2v) is 6.54. The molecule has 0 bridgehead atoms. The van der Waals surface area contributed by atoms with E-state index < -0.39 is 24.5 Å². The predicted molar refractivity (Wildman–Crippen MR) is 98.0 cm³/mol. The van der Waals surface area contributed by atoms with Crippen molar-refractivity contribution in [2.24, 2.45) is 0 Å². The summed E-state index contributed by atoms with van der Waals surface area (Å²) in [6, 6.07) is 11.8. The maximum Gasteiger partial charge on any atom is 0.326 e. The van der Waals surface area contributed by atoms with Crippen LogP contribution in [0.4, 0.5) is 0 Å². The highest BCUT2D eigenvalue weighted by Gasteiger charge is 2.30. The Labute approximate surface area is 161 Å². The average Bonchev–Trinajstić information content (AvgIpc) is 3.48. The summed E-state index contributed by atoms with van der Waals surface area (Å²) in [5, 5.41) is 5.59.